The number of rotatable bonds is 7. The smallest absolute Gasteiger partial charge is 0.308 e. The highest BCUT2D eigenvalue weighted by Crippen LogP contribution is 2.21. The van der Waals surface area contributed by atoms with Gasteiger partial charge >= 0.3 is 5.97 Å². The number of para-hydroxylation sites is 1. The number of nitrogens with one attached hydrogen (secondary N) is 1. The Morgan fingerprint density at radius 2 is 2.00 bits per heavy atom. The number of carboxylic acids is 1. The van der Waals surface area contributed by atoms with Crippen molar-refractivity contribution in [2.45, 2.75) is 6.42 Å². The Morgan fingerprint density at radius 1 is 1.28 bits per heavy atom. The van der Waals surface area contributed by atoms with Crippen molar-refractivity contribution in [3.05, 3.63) is 58.0 Å². The molecule has 2 aromatic rings. The van der Waals surface area contributed by atoms with Crippen LogP contribution in [0.25, 0.3) is 0 Å². The SMILES string of the molecule is COc1ccccc1CC(CNC(=O)c1ccc(=O)n(C)n1)C(=O)O. The first-order chi connectivity index (χ1) is 11.9. The predicted molar refractivity (Wildman–Crippen MR) is 89.6 cm³/mol. The molecule has 1 heterocycles. The Balaban J connectivity index is 2.06. The zero-order valence-electron chi connectivity index (χ0n) is 13.9. The van der Waals surface area contributed by atoms with Crippen molar-refractivity contribution in [2.75, 3.05) is 13.7 Å². The van der Waals surface area contributed by atoms with E-state index < -0.39 is 17.8 Å². The van der Waals surface area contributed by atoms with Crippen molar-refractivity contribution >= 4 is 11.9 Å². The number of benzene rings is 1. The second-order valence-electron chi connectivity index (χ2n) is 5.44. The Labute approximate surface area is 144 Å². The number of hydrogen-bond donors (Lipinski definition) is 2. The summed E-state index contributed by atoms with van der Waals surface area (Å²) in [5.74, 6) is -1.80. The maximum Gasteiger partial charge on any atom is 0.308 e. The molecule has 8 nitrogen and oxygen atoms in total. The van der Waals surface area contributed by atoms with Crippen LogP contribution in [0.5, 0.6) is 5.75 Å². The number of methoxy groups -OCH3 is 1. The van der Waals surface area contributed by atoms with E-state index in [1.54, 1.807) is 24.3 Å². The zero-order valence-corrected chi connectivity index (χ0v) is 13.9. The highest BCUT2D eigenvalue weighted by atomic mass is 16.5. The van der Waals surface area contributed by atoms with Crippen LogP contribution in [-0.2, 0) is 18.3 Å². The maximum absolute atomic E-state index is 12.1. The van der Waals surface area contributed by atoms with Gasteiger partial charge in [0.2, 0.25) is 0 Å². The molecule has 1 amide bonds. The van der Waals surface area contributed by atoms with Crippen LogP contribution in [0.15, 0.2) is 41.2 Å². The van der Waals surface area contributed by atoms with E-state index in [0.717, 1.165) is 10.2 Å². The Hall–Kier alpha value is -3.16. The van der Waals surface area contributed by atoms with Gasteiger partial charge in [-0.15, -0.1) is 0 Å². The lowest BCUT2D eigenvalue weighted by molar-refractivity contribution is -0.141. The molecule has 2 N–H and O–H groups in total. The minimum Gasteiger partial charge on any atom is -0.496 e. The van der Waals surface area contributed by atoms with Gasteiger partial charge in [0.05, 0.1) is 13.0 Å². The van der Waals surface area contributed by atoms with Gasteiger partial charge in [0.25, 0.3) is 11.5 Å². The molecule has 0 bridgehead atoms. The molecule has 1 aromatic carbocycles. The maximum atomic E-state index is 12.1. The lowest BCUT2D eigenvalue weighted by Crippen LogP contribution is -2.35. The van der Waals surface area contributed by atoms with Crippen molar-refractivity contribution in [3.63, 3.8) is 0 Å². The number of nitrogens with zero attached hydrogens (tertiary/aromatic N) is 2. The standard InChI is InChI=1S/C17H19N3O5/c1-20-15(21)8-7-13(19-20)16(22)18-10-12(17(23)24)9-11-5-3-4-6-14(11)25-2/h3-8,12H,9-10H2,1-2H3,(H,18,22)(H,23,24). The number of amides is 1. The topological polar surface area (TPSA) is 111 Å². The van der Waals surface area contributed by atoms with E-state index in [2.05, 4.69) is 10.4 Å². The number of aryl methyl sites for hydroxylation is 1. The molecule has 0 spiro atoms. The minimum atomic E-state index is -1.03. The number of carbonyl (C=O) groups is 2. The minimum absolute atomic E-state index is 0.0449. The van der Waals surface area contributed by atoms with Crippen molar-refractivity contribution < 1.29 is 19.4 Å². The summed E-state index contributed by atoms with van der Waals surface area (Å²) < 4.78 is 6.26. The summed E-state index contributed by atoms with van der Waals surface area (Å²) in [5, 5.41) is 15.8. The second kappa shape index (κ2) is 8.09. The molecular weight excluding hydrogens is 326 g/mol. The van der Waals surface area contributed by atoms with Crippen molar-refractivity contribution in [1.82, 2.24) is 15.1 Å². The Bertz CT molecular complexity index is 831. The molecule has 0 aliphatic carbocycles. The van der Waals surface area contributed by atoms with E-state index in [9.17, 15) is 19.5 Å². The first-order valence-corrected chi connectivity index (χ1v) is 7.59. The molecule has 0 aliphatic heterocycles. The van der Waals surface area contributed by atoms with Crippen molar-refractivity contribution in [3.8, 4) is 5.75 Å². The normalized spacial score (nSPS) is 11.6. The van der Waals surface area contributed by atoms with E-state index in [1.807, 2.05) is 0 Å². The quantitative estimate of drug-likeness (QED) is 0.754. The summed E-state index contributed by atoms with van der Waals surface area (Å²) >= 11 is 0. The fourth-order valence-electron chi connectivity index (χ4n) is 2.31. The van der Waals surface area contributed by atoms with E-state index in [0.29, 0.717) is 5.75 Å². The highest BCUT2D eigenvalue weighted by molar-refractivity contribution is 5.92. The average molecular weight is 345 g/mol. The van der Waals surface area contributed by atoms with Crippen LogP contribution in [0.4, 0.5) is 0 Å². The van der Waals surface area contributed by atoms with Gasteiger partial charge < -0.3 is 15.2 Å². The molecule has 0 radical (unpaired) electrons. The number of ether oxygens (including phenoxy) is 1. The molecule has 1 aromatic heterocycles. The Kier molecular flexibility index (Phi) is 5.89. The van der Waals surface area contributed by atoms with Crippen LogP contribution in [0, 0.1) is 5.92 Å². The molecule has 132 valence electrons. The molecule has 0 fully saturated rings. The predicted octanol–water partition coefficient (Wildman–Crippen LogP) is 0.462. The Morgan fingerprint density at radius 3 is 2.64 bits per heavy atom. The van der Waals surface area contributed by atoms with Gasteiger partial charge in [-0.1, -0.05) is 18.2 Å². The first-order valence-electron chi connectivity index (χ1n) is 7.59. The fourth-order valence-corrected chi connectivity index (χ4v) is 2.31. The van der Waals surface area contributed by atoms with Gasteiger partial charge in [-0.05, 0) is 24.1 Å². The van der Waals surface area contributed by atoms with Crippen LogP contribution in [-0.4, -0.2) is 40.4 Å². The van der Waals surface area contributed by atoms with Crippen LogP contribution in [0.2, 0.25) is 0 Å². The number of carbonyl (C=O) groups excluding carboxylic acids is 1. The molecule has 1 unspecified atom stereocenters. The molecule has 8 heteroatoms. The summed E-state index contributed by atoms with van der Waals surface area (Å²) in [5.41, 5.74) is 0.451. The van der Waals surface area contributed by atoms with Crippen LogP contribution in [0.3, 0.4) is 0 Å². The largest absolute Gasteiger partial charge is 0.496 e. The number of carboxylic acid groups (broad SMARTS) is 1. The summed E-state index contributed by atoms with van der Waals surface area (Å²) in [6.45, 7) is -0.0727. The molecule has 25 heavy (non-hydrogen) atoms. The van der Waals surface area contributed by atoms with Gasteiger partial charge in [-0.25, -0.2) is 4.68 Å². The van der Waals surface area contributed by atoms with Crippen molar-refractivity contribution in [2.24, 2.45) is 13.0 Å². The summed E-state index contributed by atoms with van der Waals surface area (Å²) in [6.07, 6.45) is 0.209. The van der Waals surface area contributed by atoms with Gasteiger partial charge in [0, 0.05) is 19.7 Å². The van der Waals surface area contributed by atoms with Gasteiger partial charge in [0.1, 0.15) is 11.4 Å². The molecular formula is C17H19N3O5. The summed E-state index contributed by atoms with van der Waals surface area (Å²) in [7, 11) is 2.95. The number of aromatic nitrogens is 2. The van der Waals surface area contributed by atoms with Gasteiger partial charge in [-0.3, -0.25) is 14.4 Å². The lowest BCUT2D eigenvalue weighted by atomic mass is 9.98. The fraction of sp³-hybridized carbons (Fsp3) is 0.294. The molecule has 0 saturated carbocycles. The third-order valence-electron chi connectivity index (χ3n) is 3.71. The summed E-state index contributed by atoms with van der Waals surface area (Å²) in [4.78, 5) is 34.9. The third kappa shape index (κ3) is 4.66. The first kappa shape index (κ1) is 18.2. The third-order valence-corrected chi connectivity index (χ3v) is 3.71. The van der Waals surface area contributed by atoms with Gasteiger partial charge in [0.15, 0.2) is 0 Å². The summed E-state index contributed by atoms with van der Waals surface area (Å²) in [6, 6.07) is 9.65. The average Bonchev–Trinajstić information content (AvgIpc) is 2.60. The highest BCUT2D eigenvalue weighted by Gasteiger charge is 2.21. The van der Waals surface area contributed by atoms with Crippen molar-refractivity contribution in [1.29, 1.82) is 0 Å². The monoisotopic (exact) mass is 345 g/mol. The zero-order chi connectivity index (χ0) is 18.4. The van der Waals surface area contributed by atoms with E-state index in [-0.39, 0.29) is 24.2 Å². The van der Waals surface area contributed by atoms with E-state index >= 15 is 0 Å². The van der Waals surface area contributed by atoms with Crippen LogP contribution >= 0.6 is 0 Å². The number of hydrogen-bond acceptors (Lipinski definition) is 5. The molecule has 1 atom stereocenters. The van der Waals surface area contributed by atoms with Gasteiger partial charge in [-0.2, -0.15) is 5.10 Å². The molecule has 0 aliphatic rings. The molecule has 2 rings (SSSR count). The molecule has 0 saturated heterocycles. The van der Waals surface area contributed by atoms with Crippen LogP contribution in [0.1, 0.15) is 16.1 Å². The number of aliphatic carboxylic acids is 1. The van der Waals surface area contributed by atoms with Crippen LogP contribution < -0.4 is 15.6 Å². The van der Waals surface area contributed by atoms with E-state index in [4.69, 9.17) is 4.74 Å². The lowest BCUT2D eigenvalue weighted by Gasteiger charge is -2.15. The van der Waals surface area contributed by atoms with E-state index in [1.165, 1.54) is 26.3 Å². The second-order valence-corrected chi connectivity index (χ2v) is 5.44.